The smallest absolute Gasteiger partial charge is 0.0702 e. The van der Waals surface area contributed by atoms with E-state index in [2.05, 4.69) is 73.4 Å². The first-order chi connectivity index (χ1) is 11.3. The van der Waals surface area contributed by atoms with Crippen LogP contribution in [0.3, 0.4) is 0 Å². The number of nitrogens with zero attached hydrogens (tertiary/aromatic N) is 1. The average molecular weight is 299 g/mol. The van der Waals surface area contributed by atoms with E-state index in [4.69, 9.17) is 0 Å². The molecule has 0 saturated carbocycles. The number of aromatic nitrogens is 1. The number of fused-ring (bicyclic) bond motifs is 2. The van der Waals surface area contributed by atoms with Crippen molar-refractivity contribution in [3.05, 3.63) is 90.1 Å². The molecule has 1 nitrogen and oxygen atoms in total. The fourth-order valence-corrected chi connectivity index (χ4v) is 2.64. The fraction of sp³-hybridized carbons (Fsp3) is 0.136. The number of rotatable bonds is 1. The van der Waals surface area contributed by atoms with Gasteiger partial charge in [-0.3, -0.25) is 4.98 Å². The van der Waals surface area contributed by atoms with E-state index in [1.54, 1.807) is 0 Å². The number of aryl methyl sites for hydroxylation is 2. The lowest BCUT2D eigenvalue weighted by Crippen LogP contribution is -1.79. The van der Waals surface area contributed by atoms with Gasteiger partial charge in [0, 0.05) is 11.6 Å². The van der Waals surface area contributed by atoms with Gasteiger partial charge in [0.2, 0.25) is 0 Å². The number of benzene rings is 3. The minimum absolute atomic E-state index is 1.07. The van der Waals surface area contributed by atoms with Crippen LogP contribution >= 0.6 is 0 Å². The summed E-state index contributed by atoms with van der Waals surface area (Å²) in [4.78, 5) is 4.28. The maximum Gasteiger partial charge on any atom is 0.0702 e. The molecule has 0 bridgehead atoms. The van der Waals surface area contributed by atoms with Crippen LogP contribution in [0.5, 0.6) is 0 Å². The maximum atomic E-state index is 4.28. The SMILES string of the molecule is CCc1ccc2ccccc2c1.Cc1cnc2ccccc2c1. The van der Waals surface area contributed by atoms with E-state index in [9.17, 15) is 0 Å². The molecule has 0 unspecified atom stereocenters. The van der Waals surface area contributed by atoms with Gasteiger partial charge in [-0.1, -0.05) is 67.6 Å². The van der Waals surface area contributed by atoms with Crippen molar-refractivity contribution < 1.29 is 0 Å². The molecule has 3 aromatic carbocycles. The first kappa shape index (κ1) is 15.2. The lowest BCUT2D eigenvalue weighted by atomic mass is 10.1. The van der Waals surface area contributed by atoms with E-state index in [-0.39, 0.29) is 0 Å². The van der Waals surface area contributed by atoms with E-state index in [1.165, 1.54) is 27.3 Å². The minimum Gasteiger partial charge on any atom is -0.256 e. The highest BCUT2D eigenvalue weighted by molar-refractivity contribution is 5.83. The summed E-state index contributed by atoms with van der Waals surface area (Å²) < 4.78 is 0. The molecule has 0 aliphatic rings. The second-order valence-electron chi connectivity index (χ2n) is 5.74. The van der Waals surface area contributed by atoms with Crippen LogP contribution in [0.2, 0.25) is 0 Å². The standard InChI is InChI=1S/C12H12.C10H9N/c1-2-10-7-8-11-5-3-4-6-12(11)9-10;1-8-6-9-4-2-3-5-10(9)11-7-8/h3-9H,2H2,1H3;2-7H,1H3. The first-order valence-electron chi connectivity index (χ1n) is 8.05. The number of para-hydroxylation sites is 1. The summed E-state index contributed by atoms with van der Waals surface area (Å²) in [6.45, 7) is 4.24. The van der Waals surface area contributed by atoms with E-state index < -0.39 is 0 Å². The largest absolute Gasteiger partial charge is 0.256 e. The molecule has 0 amide bonds. The second kappa shape index (κ2) is 7.06. The van der Waals surface area contributed by atoms with Crippen molar-refractivity contribution in [3.8, 4) is 0 Å². The van der Waals surface area contributed by atoms with Gasteiger partial charge in [0.15, 0.2) is 0 Å². The summed E-state index contributed by atoms with van der Waals surface area (Å²) in [6.07, 6.45) is 3.01. The molecule has 1 heteroatoms. The van der Waals surface area contributed by atoms with Gasteiger partial charge in [0.1, 0.15) is 0 Å². The molecule has 0 aliphatic carbocycles. The predicted octanol–water partition coefficient (Wildman–Crippen LogP) is 5.95. The van der Waals surface area contributed by atoms with Crippen molar-refractivity contribution in [3.63, 3.8) is 0 Å². The summed E-state index contributed by atoms with van der Waals surface area (Å²) in [5, 5.41) is 3.89. The molecular formula is C22H21N. The molecule has 0 N–H and O–H groups in total. The van der Waals surface area contributed by atoms with Gasteiger partial charge in [0.05, 0.1) is 5.52 Å². The van der Waals surface area contributed by atoms with Crippen molar-refractivity contribution in [2.24, 2.45) is 0 Å². The highest BCUT2D eigenvalue weighted by Gasteiger charge is 1.92. The first-order valence-corrected chi connectivity index (χ1v) is 8.05. The van der Waals surface area contributed by atoms with Crippen LogP contribution < -0.4 is 0 Å². The molecule has 114 valence electrons. The molecule has 0 atom stereocenters. The summed E-state index contributed by atoms with van der Waals surface area (Å²) in [5.74, 6) is 0. The molecule has 1 heterocycles. The third kappa shape index (κ3) is 3.75. The van der Waals surface area contributed by atoms with Crippen LogP contribution in [0.15, 0.2) is 79.0 Å². The minimum atomic E-state index is 1.07. The number of hydrogen-bond donors (Lipinski definition) is 0. The van der Waals surface area contributed by atoms with Crippen molar-refractivity contribution in [2.75, 3.05) is 0 Å². The van der Waals surface area contributed by atoms with Crippen molar-refractivity contribution in [1.82, 2.24) is 4.98 Å². The third-order valence-corrected chi connectivity index (χ3v) is 3.95. The molecule has 0 saturated heterocycles. The van der Waals surface area contributed by atoms with Gasteiger partial charge < -0.3 is 0 Å². The van der Waals surface area contributed by atoms with Crippen LogP contribution in [-0.2, 0) is 6.42 Å². The number of hydrogen-bond acceptors (Lipinski definition) is 1. The van der Waals surface area contributed by atoms with Crippen LogP contribution in [0.1, 0.15) is 18.1 Å². The number of pyridine rings is 1. The van der Waals surface area contributed by atoms with E-state index in [0.29, 0.717) is 0 Å². The zero-order valence-electron chi connectivity index (χ0n) is 13.7. The Bertz CT molecular complexity index is 925. The van der Waals surface area contributed by atoms with Crippen LogP contribution in [-0.4, -0.2) is 4.98 Å². The van der Waals surface area contributed by atoms with Crippen molar-refractivity contribution in [2.45, 2.75) is 20.3 Å². The molecule has 1 aromatic heterocycles. The van der Waals surface area contributed by atoms with E-state index in [1.807, 2.05) is 24.4 Å². The molecule has 0 aliphatic heterocycles. The Hall–Kier alpha value is -2.67. The normalized spacial score (nSPS) is 10.3. The van der Waals surface area contributed by atoms with Gasteiger partial charge >= 0.3 is 0 Å². The summed E-state index contributed by atoms with van der Waals surface area (Å²) in [7, 11) is 0. The van der Waals surface area contributed by atoms with E-state index in [0.717, 1.165) is 11.9 Å². The highest BCUT2D eigenvalue weighted by atomic mass is 14.6. The van der Waals surface area contributed by atoms with Crippen LogP contribution in [0, 0.1) is 6.92 Å². The lowest BCUT2D eigenvalue weighted by molar-refractivity contribution is 1.15. The van der Waals surface area contributed by atoms with E-state index >= 15 is 0 Å². The van der Waals surface area contributed by atoms with Gasteiger partial charge in [-0.05, 0) is 47.4 Å². The van der Waals surface area contributed by atoms with Crippen LogP contribution in [0.4, 0.5) is 0 Å². The fourth-order valence-electron chi connectivity index (χ4n) is 2.64. The highest BCUT2D eigenvalue weighted by Crippen LogP contribution is 2.15. The van der Waals surface area contributed by atoms with Crippen molar-refractivity contribution in [1.29, 1.82) is 0 Å². The Morgan fingerprint density at radius 2 is 1.43 bits per heavy atom. The predicted molar refractivity (Wildman–Crippen MR) is 99.8 cm³/mol. The summed E-state index contributed by atoms with van der Waals surface area (Å²) in [6, 6.07) is 25.4. The van der Waals surface area contributed by atoms with Crippen molar-refractivity contribution >= 4 is 21.7 Å². The quantitative estimate of drug-likeness (QED) is 0.423. The monoisotopic (exact) mass is 299 g/mol. The third-order valence-electron chi connectivity index (χ3n) is 3.95. The Labute approximate surface area is 137 Å². The second-order valence-corrected chi connectivity index (χ2v) is 5.74. The molecule has 4 rings (SSSR count). The van der Waals surface area contributed by atoms with Crippen LogP contribution in [0.25, 0.3) is 21.7 Å². The molecule has 4 aromatic rings. The molecule has 0 radical (unpaired) electrons. The average Bonchev–Trinajstić information content (AvgIpc) is 2.61. The zero-order chi connectivity index (χ0) is 16.1. The van der Waals surface area contributed by atoms with Gasteiger partial charge in [-0.2, -0.15) is 0 Å². The summed E-state index contributed by atoms with van der Waals surface area (Å²) >= 11 is 0. The Kier molecular flexibility index (Phi) is 4.68. The van der Waals surface area contributed by atoms with Gasteiger partial charge in [0.25, 0.3) is 0 Å². The van der Waals surface area contributed by atoms with Gasteiger partial charge in [-0.25, -0.2) is 0 Å². The molecule has 0 spiro atoms. The Balaban J connectivity index is 0.000000136. The molecule has 0 fully saturated rings. The summed E-state index contributed by atoms with van der Waals surface area (Å²) in [5.41, 5.74) is 3.69. The molecule has 23 heavy (non-hydrogen) atoms. The Morgan fingerprint density at radius 1 is 0.739 bits per heavy atom. The Morgan fingerprint density at radius 3 is 2.22 bits per heavy atom. The zero-order valence-corrected chi connectivity index (χ0v) is 13.7. The van der Waals surface area contributed by atoms with Gasteiger partial charge in [-0.15, -0.1) is 0 Å². The topological polar surface area (TPSA) is 12.9 Å². The maximum absolute atomic E-state index is 4.28. The lowest BCUT2D eigenvalue weighted by Gasteiger charge is -1.99. The molecular weight excluding hydrogens is 278 g/mol.